The van der Waals surface area contributed by atoms with Gasteiger partial charge >= 0.3 is 5.69 Å². The van der Waals surface area contributed by atoms with Crippen LogP contribution in [-0.2, 0) is 0 Å². The van der Waals surface area contributed by atoms with Gasteiger partial charge in [-0.25, -0.2) is 19.3 Å². The average Bonchev–Trinajstić information content (AvgIpc) is 2.75. The second kappa shape index (κ2) is 5.83. The van der Waals surface area contributed by atoms with Gasteiger partial charge in [0.1, 0.15) is 12.1 Å². The van der Waals surface area contributed by atoms with Crippen LogP contribution in [0.25, 0.3) is 5.65 Å². The predicted octanol–water partition coefficient (Wildman–Crippen LogP) is 0.0994. The van der Waals surface area contributed by atoms with Gasteiger partial charge in [0, 0.05) is 26.2 Å². The predicted molar refractivity (Wildman–Crippen MR) is 74.6 cm³/mol. The van der Waals surface area contributed by atoms with Crippen LogP contribution in [0.15, 0.2) is 17.2 Å². The van der Waals surface area contributed by atoms with Crippen LogP contribution in [-0.4, -0.2) is 46.3 Å². The van der Waals surface area contributed by atoms with E-state index in [1.54, 1.807) is 6.07 Å². The van der Waals surface area contributed by atoms with Crippen LogP contribution in [0.3, 0.4) is 0 Å². The van der Waals surface area contributed by atoms with Crippen molar-refractivity contribution in [3.63, 3.8) is 0 Å². The lowest BCUT2D eigenvalue weighted by Gasteiger charge is -2.18. The lowest BCUT2D eigenvalue weighted by Crippen LogP contribution is -2.31. The Morgan fingerprint density at radius 3 is 3.05 bits per heavy atom. The van der Waals surface area contributed by atoms with Gasteiger partial charge in [0.05, 0.1) is 0 Å². The number of aromatic nitrogens is 4. The Kier molecular flexibility index (Phi) is 4.16. The highest BCUT2D eigenvalue weighted by molar-refractivity contribution is 5.49. The molecule has 0 saturated carbocycles. The summed E-state index contributed by atoms with van der Waals surface area (Å²) in [5.41, 5.74) is 0.312. The van der Waals surface area contributed by atoms with Gasteiger partial charge in [-0.05, 0) is 12.5 Å². The first kappa shape index (κ1) is 13.5. The highest BCUT2D eigenvalue weighted by atomic mass is 16.1. The normalized spacial score (nSPS) is 11.4. The Morgan fingerprint density at radius 1 is 1.53 bits per heavy atom. The number of hydrogen-bond donors (Lipinski definition) is 2. The molecule has 2 heterocycles. The number of rotatable bonds is 6. The number of anilines is 1. The molecule has 7 nitrogen and oxygen atoms in total. The van der Waals surface area contributed by atoms with Gasteiger partial charge in [-0.2, -0.15) is 5.10 Å². The van der Waals surface area contributed by atoms with Crippen LogP contribution in [0, 0.1) is 5.92 Å². The lowest BCUT2D eigenvalue weighted by atomic mass is 10.2. The van der Waals surface area contributed by atoms with E-state index in [2.05, 4.69) is 34.3 Å². The van der Waals surface area contributed by atoms with E-state index in [-0.39, 0.29) is 5.69 Å². The molecule has 0 bridgehead atoms. The second-order valence-electron chi connectivity index (χ2n) is 5.02. The molecule has 0 unspecified atom stereocenters. The van der Waals surface area contributed by atoms with Crippen molar-refractivity contribution >= 4 is 11.5 Å². The zero-order chi connectivity index (χ0) is 13.8. The lowest BCUT2D eigenvalue weighted by molar-refractivity contribution is 0.554. The molecule has 0 aromatic carbocycles. The quantitative estimate of drug-likeness (QED) is 0.724. The van der Waals surface area contributed by atoms with E-state index >= 15 is 0 Å². The molecule has 0 fully saturated rings. The smallest absolute Gasteiger partial charge is 0.348 e. The third-order valence-corrected chi connectivity index (χ3v) is 2.86. The van der Waals surface area contributed by atoms with Gasteiger partial charge < -0.3 is 10.2 Å². The summed E-state index contributed by atoms with van der Waals surface area (Å²) in [6, 6.07) is 1.79. The summed E-state index contributed by atoms with van der Waals surface area (Å²) in [4.78, 5) is 17.6. The number of hydrogen-bond acceptors (Lipinski definition) is 5. The second-order valence-corrected chi connectivity index (χ2v) is 5.02. The van der Waals surface area contributed by atoms with Gasteiger partial charge in [-0.3, -0.25) is 0 Å². The maximum Gasteiger partial charge on any atom is 0.348 e. The highest BCUT2D eigenvalue weighted by Crippen LogP contribution is 2.08. The average molecular weight is 264 g/mol. The molecule has 0 radical (unpaired) electrons. The van der Waals surface area contributed by atoms with Crippen LogP contribution < -0.4 is 15.9 Å². The summed E-state index contributed by atoms with van der Waals surface area (Å²) in [6.07, 6.45) is 1.49. The topological polar surface area (TPSA) is 78.3 Å². The van der Waals surface area contributed by atoms with Crippen molar-refractivity contribution in [1.82, 2.24) is 24.9 Å². The molecule has 0 spiro atoms. The molecule has 7 heteroatoms. The minimum absolute atomic E-state index is 0.268. The van der Waals surface area contributed by atoms with Crippen molar-refractivity contribution in [1.29, 1.82) is 0 Å². The van der Waals surface area contributed by atoms with Crippen LogP contribution in [0.5, 0.6) is 0 Å². The van der Waals surface area contributed by atoms with E-state index < -0.39 is 0 Å². The number of aromatic amines is 1. The molecule has 0 amide bonds. The zero-order valence-electron chi connectivity index (χ0n) is 11.6. The Balaban J connectivity index is 1.97. The third kappa shape index (κ3) is 3.31. The highest BCUT2D eigenvalue weighted by Gasteiger charge is 2.06. The van der Waals surface area contributed by atoms with Gasteiger partial charge in [-0.15, -0.1) is 0 Å². The maximum atomic E-state index is 11.3. The van der Waals surface area contributed by atoms with Gasteiger partial charge in [0.2, 0.25) is 0 Å². The molecule has 0 saturated heterocycles. The number of nitrogens with one attached hydrogen (secondary N) is 2. The summed E-state index contributed by atoms with van der Waals surface area (Å²) in [7, 11) is 1.97. The van der Waals surface area contributed by atoms with Crippen molar-refractivity contribution in [2.45, 2.75) is 13.8 Å². The molecule has 104 valence electrons. The largest absolute Gasteiger partial charge is 0.358 e. The number of nitrogens with zero attached hydrogens (tertiary/aromatic N) is 4. The molecule has 0 aliphatic rings. The van der Waals surface area contributed by atoms with Crippen LogP contribution >= 0.6 is 0 Å². The van der Waals surface area contributed by atoms with E-state index in [0.29, 0.717) is 11.6 Å². The van der Waals surface area contributed by atoms with Crippen LogP contribution in [0.4, 0.5) is 5.82 Å². The van der Waals surface area contributed by atoms with Gasteiger partial charge in [-0.1, -0.05) is 13.8 Å². The zero-order valence-corrected chi connectivity index (χ0v) is 11.6. The fourth-order valence-corrected chi connectivity index (χ4v) is 1.76. The van der Waals surface area contributed by atoms with E-state index in [9.17, 15) is 4.79 Å². The fourth-order valence-electron chi connectivity index (χ4n) is 1.76. The Bertz CT molecular complexity index is 587. The molecule has 0 aliphatic carbocycles. The van der Waals surface area contributed by atoms with Crippen molar-refractivity contribution in [3.8, 4) is 0 Å². The van der Waals surface area contributed by atoms with Crippen molar-refractivity contribution in [3.05, 3.63) is 22.9 Å². The van der Waals surface area contributed by atoms with Gasteiger partial charge in [0.15, 0.2) is 5.65 Å². The summed E-state index contributed by atoms with van der Waals surface area (Å²) < 4.78 is 1.38. The Morgan fingerprint density at radius 2 is 2.32 bits per heavy atom. The van der Waals surface area contributed by atoms with Crippen molar-refractivity contribution < 1.29 is 0 Å². The molecule has 0 atom stereocenters. The van der Waals surface area contributed by atoms with E-state index in [1.165, 1.54) is 10.7 Å². The summed E-state index contributed by atoms with van der Waals surface area (Å²) >= 11 is 0. The molecular formula is C12H20N6O. The van der Waals surface area contributed by atoms with Crippen molar-refractivity contribution in [2.24, 2.45) is 5.92 Å². The minimum atomic E-state index is -0.268. The molecule has 2 rings (SSSR count). The first-order valence-corrected chi connectivity index (χ1v) is 6.42. The third-order valence-electron chi connectivity index (χ3n) is 2.86. The van der Waals surface area contributed by atoms with Gasteiger partial charge in [0.25, 0.3) is 0 Å². The number of likely N-dealkylation sites (N-methyl/N-ethyl adjacent to an activating group) is 1. The molecule has 19 heavy (non-hydrogen) atoms. The molecule has 2 aromatic rings. The maximum absolute atomic E-state index is 11.3. The van der Waals surface area contributed by atoms with E-state index in [0.717, 1.165) is 25.5 Å². The SMILES string of the molecule is CC(C)CNCCN(C)c1cc2n[nH]c(=O)n2cn1. The molecule has 2 N–H and O–H groups in total. The Labute approximate surface area is 111 Å². The summed E-state index contributed by atoms with van der Waals surface area (Å²) in [5.74, 6) is 1.45. The first-order chi connectivity index (χ1) is 9.08. The standard InChI is InChI=1S/C12H20N6O/c1-9(2)7-13-4-5-17(3)10-6-11-15-16-12(19)18(11)8-14-10/h6,8-9,13H,4-5,7H2,1-3H3,(H,16,19). The molecule has 2 aromatic heterocycles. The van der Waals surface area contributed by atoms with Crippen molar-refractivity contribution in [2.75, 3.05) is 31.6 Å². The van der Waals surface area contributed by atoms with Crippen LogP contribution in [0.2, 0.25) is 0 Å². The monoisotopic (exact) mass is 264 g/mol. The number of H-pyrrole nitrogens is 1. The molecule has 0 aliphatic heterocycles. The molecular weight excluding hydrogens is 244 g/mol. The summed E-state index contributed by atoms with van der Waals surface area (Å²) in [6.45, 7) is 7.12. The number of fused-ring (bicyclic) bond motifs is 1. The van der Waals surface area contributed by atoms with E-state index in [1.807, 2.05) is 11.9 Å². The van der Waals surface area contributed by atoms with E-state index in [4.69, 9.17) is 0 Å². The first-order valence-electron chi connectivity index (χ1n) is 6.42. The fraction of sp³-hybridized carbons (Fsp3) is 0.583. The minimum Gasteiger partial charge on any atom is -0.358 e. The van der Waals surface area contributed by atoms with Crippen LogP contribution in [0.1, 0.15) is 13.8 Å². The Hall–Kier alpha value is -1.89. The summed E-state index contributed by atoms with van der Waals surface area (Å²) in [5, 5.41) is 9.70.